The number of nitrogens with one attached hydrogen (secondary N) is 2. The Morgan fingerprint density at radius 2 is 2.40 bits per heavy atom. The van der Waals surface area contributed by atoms with E-state index in [0.717, 1.165) is 0 Å². The van der Waals surface area contributed by atoms with Crippen LogP contribution < -0.4 is 16.4 Å². The Kier molecular flexibility index (Phi) is 3.91. The highest BCUT2D eigenvalue weighted by Gasteiger charge is 2.12. The Bertz CT molecular complexity index is 340. The molecule has 0 saturated heterocycles. The van der Waals surface area contributed by atoms with E-state index in [-0.39, 0.29) is 11.9 Å². The minimum absolute atomic E-state index is 0.0549. The van der Waals surface area contributed by atoms with Gasteiger partial charge in [0.25, 0.3) is 0 Å². The fourth-order valence-corrected chi connectivity index (χ4v) is 1.17. The highest BCUT2D eigenvalue weighted by atomic mass is 16.2. The number of hydrogen-bond acceptors (Lipinski definition) is 4. The number of nitrogen functional groups attached to an aromatic ring is 1. The van der Waals surface area contributed by atoms with Gasteiger partial charge in [0, 0.05) is 12.7 Å². The van der Waals surface area contributed by atoms with Crippen molar-refractivity contribution in [2.75, 3.05) is 17.6 Å². The van der Waals surface area contributed by atoms with Crippen molar-refractivity contribution in [3.8, 4) is 0 Å². The summed E-state index contributed by atoms with van der Waals surface area (Å²) >= 11 is 0. The molecule has 0 bridgehead atoms. The van der Waals surface area contributed by atoms with Gasteiger partial charge in [0.15, 0.2) is 0 Å². The molecule has 0 radical (unpaired) electrons. The molecule has 1 atom stereocenters. The molecule has 5 heteroatoms. The third-order valence-corrected chi connectivity index (χ3v) is 1.95. The van der Waals surface area contributed by atoms with Crippen LogP contribution in [0.15, 0.2) is 18.3 Å². The smallest absolute Gasteiger partial charge is 0.242 e. The number of anilines is 2. The first-order valence-corrected chi connectivity index (χ1v) is 4.90. The molecular weight excluding hydrogens is 192 g/mol. The zero-order valence-corrected chi connectivity index (χ0v) is 8.95. The lowest BCUT2D eigenvalue weighted by molar-refractivity contribution is -0.121. The van der Waals surface area contributed by atoms with E-state index < -0.39 is 0 Å². The van der Waals surface area contributed by atoms with Crippen molar-refractivity contribution in [1.29, 1.82) is 0 Å². The Morgan fingerprint density at radius 3 is 3.00 bits per heavy atom. The first-order valence-electron chi connectivity index (χ1n) is 4.90. The Labute approximate surface area is 89.1 Å². The average molecular weight is 208 g/mol. The minimum Gasteiger partial charge on any atom is -0.382 e. The zero-order chi connectivity index (χ0) is 11.3. The summed E-state index contributed by atoms with van der Waals surface area (Å²) < 4.78 is 0. The fraction of sp³-hybridized carbons (Fsp3) is 0.400. The van der Waals surface area contributed by atoms with Crippen LogP contribution in [-0.4, -0.2) is 23.5 Å². The minimum atomic E-state index is -0.323. The molecule has 0 spiro atoms. The molecule has 1 amide bonds. The van der Waals surface area contributed by atoms with Gasteiger partial charge in [-0.2, -0.15) is 0 Å². The highest BCUT2D eigenvalue weighted by molar-refractivity contribution is 5.84. The summed E-state index contributed by atoms with van der Waals surface area (Å²) in [6, 6.07) is 3.23. The number of amides is 1. The molecule has 0 saturated carbocycles. The van der Waals surface area contributed by atoms with Gasteiger partial charge < -0.3 is 16.4 Å². The molecule has 1 aromatic heterocycles. The van der Waals surface area contributed by atoms with Gasteiger partial charge in [-0.1, -0.05) is 0 Å². The van der Waals surface area contributed by atoms with Crippen LogP contribution in [0.5, 0.6) is 0 Å². The number of likely N-dealkylation sites (N-methyl/N-ethyl adjacent to an activating group) is 1. The molecule has 1 heterocycles. The van der Waals surface area contributed by atoms with Crippen LogP contribution in [0.1, 0.15) is 13.8 Å². The van der Waals surface area contributed by atoms with Crippen LogP contribution in [0, 0.1) is 0 Å². The molecule has 82 valence electrons. The van der Waals surface area contributed by atoms with E-state index in [9.17, 15) is 4.79 Å². The molecule has 0 aliphatic rings. The van der Waals surface area contributed by atoms with Gasteiger partial charge in [-0.25, -0.2) is 4.98 Å². The van der Waals surface area contributed by atoms with Gasteiger partial charge >= 0.3 is 0 Å². The lowest BCUT2D eigenvalue weighted by Crippen LogP contribution is -2.37. The SMILES string of the molecule is CCNC(=O)C(C)Nc1cccnc1N. The number of carbonyl (C=O) groups is 1. The lowest BCUT2D eigenvalue weighted by Gasteiger charge is -2.15. The molecule has 0 aliphatic carbocycles. The molecular formula is C10H16N4O. The predicted molar refractivity (Wildman–Crippen MR) is 60.4 cm³/mol. The summed E-state index contributed by atoms with van der Waals surface area (Å²) in [5, 5.41) is 5.72. The predicted octanol–water partition coefficient (Wildman–Crippen LogP) is 0.600. The van der Waals surface area contributed by atoms with Crippen LogP contribution >= 0.6 is 0 Å². The summed E-state index contributed by atoms with van der Waals surface area (Å²) in [7, 11) is 0. The Balaban J connectivity index is 2.62. The summed E-state index contributed by atoms with van der Waals surface area (Å²) in [5.41, 5.74) is 6.31. The number of aromatic nitrogens is 1. The van der Waals surface area contributed by atoms with Crippen molar-refractivity contribution in [3.05, 3.63) is 18.3 Å². The summed E-state index contributed by atoms with van der Waals surface area (Å²) in [6.07, 6.45) is 1.61. The maximum Gasteiger partial charge on any atom is 0.242 e. The molecule has 1 unspecified atom stereocenters. The highest BCUT2D eigenvalue weighted by Crippen LogP contribution is 2.14. The van der Waals surface area contributed by atoms with Crippen LogP contribution in [0.3, 0.4) is 0 Å². The molecule has 0 aromatic carbocycles. The second kappa shape index (κ2) is 5.19. The van der Waals surface area contributed by atoms with Gasteiger partial charge in [-0.05, 0) is 26.0 Å². The molecule has 5 nitrogen and oxygen atoms in total. The molecule has 15 heavy (non-hydrogen) atoms. The van der Waals surface area contributed by atoms with E-state index in [4.69, 9.17) is 5.73 Å². The molecule has 1 aromatic rings. The first kappa shape index (κ1) is 11.3. The van der Waals surface area contributed by atoms with Crippen molar-refractivity contribution in [2.45, 2.75) is 19.9 Å². The second-order valence-electron chi connectivity index (χ2n) is 3.20. The van der Waals surface area contributed by atoms with Crippen LogP contribution in [0.4, 0.5) is 11.5 Å². The second-order valence-corrected chi connectivity index (χ2v) is 3.20. The first-order chi connectivity index (χ1) is 7.15. The van der Waals surface area contributed by atoms with E-state index in [1.165, 1.54) is 0 Å². The quantitative estimate of drug-likeness (QED) is 0.677. The number of rotatable bonds is 4. The van der Waals surface area contributed by atoms with E-state index in [1.54, 1.807) is 25.3 Å². The third kappa shape index (κ3) is 3.12. The fourth-order valence-electron chi connectivity index (χ4n) is 1.17. The number of carbonyl (C=O) groups excluding carboxylic acids is 1. The Morgan fingerprint density at radius 1 is 1.67 bits per heavy atom. The largest absolute Gasteiger partial charge is 0.382 e. The normalized spacial score (nSPS) is 11.9. The van der Waals surface area contributed by atoms with Crippen molar-refractivity contribution < 1.29 is 4.79 Å². The van der Waals surface area contributed by atoms with E-state index in [0.29, 0.717) is 18.1 Å². The summed E-state index contributed by atoms with van der Waals surface area (Å²) in [4.78, 5) is 15.3. The summed E-state index contributed by atoms with van der Waals surface area (Å²) in [6.45, 7) is 4.27. The summed E-state index contributed by atoms with van der Waals surface area (Å²) in [5.74, 6) is 0.342. The van der Waals surface area contributed by atoms with E-state index in [1.807, 2.05) is 6.92 Å². The topological polar surface area (TPSA) is 80.0 Å². The van der Waals surface area contributed by atoms with Crippen LogP contribution in [-0.2, 0) is 4.79 Å². The van der Waals surface area contributed by atoms with Crippen LogP contribution in [0.2, 0.25) is 0 Å². The number of nitrogens with zero attached hydrogens (tertiary/aromatic N) is 1. The van der Waals surface area contributed by atoms with E-state index >= 15 is 0 Å². The number of hydrogen-bond donors (Lipinski definition) is 3. The molecule has 1 rings (SSSR count). The monoisotopic (exact) mass is 208 g/mol. The maximum absolute atomic E-state index is 11.4. The van der Waals surface area contributed by atoms with Gasteiger partial charge in [0.1, 0.15) is 11.9 Å². The molecule has 4 N–H and O–H groups in total. The van der Waals surface area contributed by atoms with Gasteiger partial charge in [-0.15, -0.1) is 0 Å². The van der Waals surface area contributed by atoms with Gasteiger partial charge in [0.05, 0.1) is 5.69 Å². The van der Waals surface area contributed by atoms with Gasteiger partial charge in [0.2, 0.25) is 5.91 Å². The third-order valence-electron chi connectivity index (χ3n) is 1.95. The Hall–Kier alpha value is -1.78. The van der Waals surface area contributed by atoms with Crippen molar-refractivity contribution in [3.63, 3.8) is 0 Å². The molecule has 0 aliphatic heterocycles. The zero-order valence-electron chi connectivity index (χ0n) is 8.95. The van der Waals surface area contributed by atoms with Crippen molar-refractivity contribution in [2.24, 2.45) is 0 Å². The number of nitrogens with two attached hydrogens (primary N) is 1. The standard InChI is InChI=1S/C10H16N4O/c1-3-12-10(15)7(2)14-8-5-4-6-13-9(8)11/h4-7,14H,3H2,1-2H3,(H2,11,13)(H,12,15). The lowest BCUT2D eigenvalue weighted by atomic mass is 10.3. The number of pyridine rings is 1. The average Bonchev–Trinajstić information content (AvgIpc) is 2.21. The maximum atomic E-state index is 11.4. The van der Waals surface area contributed by atoms with E-state index in [2.05, 4.69) is 15.6 Å². The van der Waals surface area contributed by atoms with Gasteiger partial charge in [-0.3, -0.25) is 4.79 Å². The van der Waals surface area contributed by atoms with Crippen LogP contribution in [0.25, 0.3) is 0 Å². The molecule has 0 fully saturated rings. The van der Waals surface area contributed by atoms with Crippen molar-refractivity contribution in [1.82, 2.24) is 10.3 Å². The van der Waals surface area contributed by atoms with Crippen molar-refractivity contribution >= 4 is 17.4 Å².